The molecule has 0 bridgehead atoms. The average molecular weight is 314 g/mol. The van der Waals surface area contributed by atoms with E-state index in [4.69, 9.17) is 18.9 Å². The second kappa shape index (κ2) is 7.28. The highest BCUT2D eigenvalue weighted by Crippen LogP contribution is 2.50. The number of rotatable bonds is 8. The molecule has 5 heteroatoms. The lowest BCUT2D eigenvalue weighted by Crippen LogP contribution is -2.50. The zero-order valence-corrected chi connectivity index (χ0v) is 14.4. The van der Waals surface area contributed by atoms with Crippen LogP contribution in [0.4, 0.5) is 0 Å². The second-order valence-electron chi connectivity index (χ2n) is 6.63. The van der Waals surface area contributed by atoms with Crippen LogP contribution in [0.5, 0.6) is 0 Å². The molecule has 0 spiro atoms. The molecule has 2 heterocycles. The van der Waals surface area contributed by atoms with Gasteiger partial charge in [-0.1, -0.05) is 26.7 Å². The predicted molar refractivity (Wildman–Crippen MR) is 82.5 cm³/mol. The summed E-state index contributed by atoms with van der Waals surface area (Å²) in [5.74, 6) is -1.11. The van der Waals surface area contributed by atoms with Crippen molar-refractivity contribution in [1.29, 1.82) is 0 Å². The normalized spacial score (nSPS) is 38.5. The van der Waals surface area contributed by atoms with Crippen molar-refractivity contribution in [3.63, 3.8) is 0 Å². The van der Waals surface area contributed by atoms with E-state index in [-0.39, 0.29) is 18.2 Å². The fraction of sp³-hybridized carbons (Fsp3) is 0.941. The molecule has 0 saturated carbocycles. The fourth-order valence-corrected chi connectivity index (χ4v) is 3.50. The Bertz CT molecular complexity index is 385. The van der Waals surface area contributed by atoms with Crippen molar-refractivity contribution in [2.75, 3.05) is 19.8 Å². The Morgan fingerprint density at radius 2 is 2.09 bits per heavy atom. The van der Waals surface area contributed by atoms with Gasteiger partial charge in [-0.3, -0.25) is 4.79 Å². The summed E-state index contributed by atoms with van der Waals surface area (Å²) in [4.78, 5) is 12.5. The maximum absolute atomic E-state index is 12.5. The Morgan fingerprint density at radius 3 is 2.68 bits per heavy atom. The SMILES string of the molecule is CCCCCOCC1CC(CC)(C2(C)OCC(C)O2)C(=O)O1. The summed E-state index contributed by atoms with van der Waals surface area (Å²) in [5, 5.41) is 0. The van der Waals surface area contributed by atoms with Crippen molar-refractivity contribution < 1.29 is 23.7 Å². The summed E-state index contributed by atoms with van der Waals surface area (Å²) < 4.78 is 23.0. The number of unbranched alkanes of at least 4 members (excludes halogenated alkanes) is 2. The van der Waals surface area contributed by atoms with Crippen LogP contribution in [0.25, 0.3) is 0 Å². The molecule has 2 aliphatic heterocycles. The standard InChI is InChI=1S/C17H30O5/c1-5-7-8-9-19-12-14-10-17(6-2,15(18)21-14)16(4)20-11-13(3)22-16/h13-14H,5-12H2,1-4H3. The van der Waals surface area contributed by atoms with E-state index in [1.165, 1.54) is 12.8 Å². The van der Waals surface area contributed by atoms with Crippen LogP contribution in [0, 0.1) is 5.41 Å². The number of hydrogen-bond donors (Lipinski definition) is 0. The Balaban J connectivity index is 1.94. The van der Waals surface area contributed by atoms with E-state index in [1.54, 1.807) is 0 Å². The van der Waals surface area contributed by atoms with Gasteiger partial charge < -0.3 is 18.9 Å². The molecule has 4 unspecified atom stereocenters. The van der Waals surface area contributed by atoms with Gasteiger partial charge in [-0.05, 0) is 26.7 Å². The third kappa shape index (κ3) is 3.31. The summed E-state index contributed by atoms with van der Waals surface area (Å²) >= 11 is 0. The Kier molecular flexibility index (Phi) is 5.86. The topological polar surface area (TPSA) is 54.0 Å². The van der Waals surface area contributed by atoms with Crippen LogP contribution in [0.3, 0.4) is 0 Å². The van der Waals surface area contributed by atoms with Gasteiger partial charge in [0.25, 0.3) is 0 Å². The largest absolute Gasteiger partial charge is 0.459 e. The molecule has 2 rings (SSSR count). The predicted octanol–water partition coefficient (Wildman–Crippen LogP) is 3.06. The molecular formula is C17H30O5. The molecule has 2 saturated heterocycles. The number of carbonyl (C=O) groups is 1. The van der Waals surface area contributed by atoms with Gasteiger partial charge in [0.1, 0.15) is 11.5 Å². The zero-order valence-electron chi connectivity index (χ0n) is 14.4. The molecule has 5 nitrogen and oxygen atoms in total. The van der Waals surface area contributed by atoms with Crippen LogP contribution in [0.2, 0.25) is 0 Å². The number of cyclic esters (lactones) is 1. The smallest absolute Gasteiger partial charge is 0.318 e. The Morgan fingerprint density at radius 1 is 1.32 bits per heavy atom. The minimum atomic E-state index is -0.894. The van der Waals surface area contributed by atoms with Gasteiger partial charge >= 0.3 is 5.97 Å². The van der Waals surface area contributed by atoms with Crippen LogP contribution in [0.1, 0.15) is 59.8 Å². The lowest BCUT2D eigenvalue weighted by Gasteiger charge is -2.38. The molecule has 0 amide bonds. The molecule has 0 aromatic carbocycles. The van der Waals surface area contributed by atoms with Gasteiger partial charge in [0.2, 0.25) is 0 Å². The quantitative estimate of drug-likeness (QED) is 0.509. The highest BCUT2D eigenvalue weighted by atomic mass is 16.7. The van der Waals surface area contributed by atoms with E-state index in [9.17, 15) is 4.79 Å². The summed E-state index contributed by atoms with van der Waals surface area (Å²) in [6.07, 6.45) is 4.44. The van der Waals surface area contributed by atoms with E-state index in [0.717, 1.165) is 13.0 Å². The first-order valence-electron chi connectivity index (χ1n) is 8.58. The first kappa shape index (κ1) is 17.7. The molecule has 22 heavy (non-hydrogen) atoms. The number of esters is 1. The molecule has 2 aliphatic rings. The van der Waals surface area contributed by atoms with E-state index >= 15 is 0 Å². The van der Waals surface area contributed by atoms with Crippen LogP contribution in [-0.4, -0.2) is 43.8 Å². The maximum atomic E-state index is 12.5. The molecule has 128 valence electrons. The van der Waals surface area contributed by atoms with Gasteiger partial charge in [0.15, 0.2) is 5.79 Å². The van der Waals surface area contributed by atoms with Crippen LogP contribution >= 0.6 is 0 Å². The molecule has 0 N–H and O–H groups in total. The van der Waals surface area contributed by atoms with Crippen LogP contribution in [-0.2, 0) is 23.7 Å². The number of carbonyl (C=O) groups excluding carboxylic acids is 1. The summed E-state index contributed by atoms with van der Waals surface area (Å²) in [5.41, 5.74) is -0.727. The van der Waals surface area contributed by atoms with Crippen LogP contribution in [0.15, 0.2) is 0 Å². The molecule has 0 radical (unpaired) electrons. The zero-order chi connectivity index (χ0) is 16.2. The number of hydrogen-bond acceptors (Lipinski definition) is 5. The third-order valence-corrected chi connectivity index (χ3v) is 4.93. The third-order valence-electron chi connectivity index (χ3n) is 4.93. The van der Waals surface area contributed by atoms with Crippen molar-refractivity contribution in [1.82, 2.24) is 0 Å². The van der Waals surface area contributed by atoms with Gasteiger partial charge in [-0.15, -0.1) is 0 Å². The minimum Gasteiger partial charge on any atom is -0.459 e. The summed E-state index contributed by atoms with van der Waals surface area (Å²) in [6, 6.07) is 0. The molecule has 0 aromatic heterocycles. The second-order valence-corrected chi connectivity index (χ2v) is 6.63. The summed E-state index contributed by atoms with van der Waals surface area (Å²) in [7, 11) is 0. The molecule has 4 atom stereocenters. The Labute approximate surface area is 133 Å². The van der Waals surface area contributed by atoms with Gasteiger partial charge in [0.05, 0.1) is 19.3 Å². The van der Waals surface area contributed by atoms with E-state index < -0.39 is 11.2 Å². The Hall–Kier alpha value is -0.650. The fourth-order valence-electron chi connectivity index (χ4n) is 3.50. The lowest BCUT2D eigenvalue weighted by atomic mass is 9.75. The molecule has 0 aliphatic carbocycles. The maximum Gasteiger partial charge on any atom is 0.318 e. The molecular weight excluding hydrogens is 284 g/mol. The van der Waals surface area contributed by atoms with Crippen molar-refractivity contribution in [2.24, 2.45) is 5.41 Å². The van der Waals surface area contributed by atoms with Crippen molar-refractivity contribution in [3.8, 4) is 0 Å². The van der Waals surface area contributed by atoms with Gasteiger partial charge in [0, 0.05) is 13.0 Å². The monoisotopic (exact) mass is 314 g/mol. The van der Waals surface area contributed by atoms with E-state index in [2.05, 4.69) is 6.92 Å². The first-order chi connectivity index (χ1) is 10.5. The number of ether oxygens (including phenoxy) is 4. The van der Waals surface area contributed by atoms with Crippen molar-refractivity contribution in [2.45, 2.75) is 77.8 Å². The average Bonchev–Trinajstić information content (AvgIpc) is 3.00. The van der Waals surface area contributed by atoms with Gasteiger partial charge in [-0.2, -0.15) is 0 Å². The highest BCUT2D eigenvalue weighted by molar-refractivity contribution is 5.80. The van der Waals surface area contributed by atoms with E-state index in [1.807, 2.05) is 20.8 Å². The van der Waals surface area contributed by atoms with Crippen molar-refractivity contribution >= 4 is 5.97 Å². The van der Waals surface area contributed by atoms with Crippen LogP contribution < -0.4 is 0 Å². The van der Waals surface area contributed by atoms with E-state index in [0.29, 0.717) is 26.1 Å². The molecule has 2 fully saturated rings. The van der Waals surface area contributed by atoms with Gasteiger partial charge in [-0.25, -0.2) is 0 Å². The summed E-state index contributed by atoms with van der Waals surface area (Å²) in [6.45, 7) is 9.69. The van der Waals surface area contributed by atoms with Crippen molar-refractivity contribution in [3.05, 3.63) is 0 Å². The first-order valence-corrected chi connectivity index (χ1v) is 8.58. The lowest BCUT2D eigenvalue weighted by molar-refractivity contribution is -0.230. The molecule has 0 aromatic rings. The minimum absolute atomic E-state index is 0.00516. The highest BCUT2D eigenvalue weighted by Gasteiger charge is 2.63.